The number of carboxylic acids is 1. The summed E-state index contributed by atoms with van der Waals surface area (Å²) in [6.45, 7) is 19.0. The molecule has 6 rings (SSSR count). The number of hydrogen-bond donors (Lipinski definition) is 4. The molecule has 1 saturated heterocycles. The van der Waals surface area contributed by atoms with Crippen LogP contribution in [-0.2, 0) is 9.53 Å². The first-order chi connectivity index (χ1) is 19.8. The molecule has 0 bridgehead atoms. The molecule has 6 aliphatic rings. The van der Waals surface area contributed by atoms with Crippen LogP contribution in [0, 0.1) is 56.2 Å². The van der Waals surface area contributed by atoms with E-state index in [1.54, 1.807) is 6.92 Å². The molecule has 4 saturated carbocycles. The number of hydrogen-bond acceptors (Lipinski definition) is 5. The summed E-state index contributed by atoms with van der Waals surface area (Å²) in [5.74, 6) is 1.03. The highest BCUT2D eigenvalue weighted by Gasteiger charge is 2.69. The van der Waals surface area contributed by atoms with Gasteiger partial charge in [-0.25, -0.2) is 0 Å². The van der Waals surface area contributed by atoms with E-state index in [-0.39, 0.29) is 33.0 Å². The lowest BCUT2D eigenvalue weighted by atomic mass is 9.33. The van der Waals surface area contributed by atoms with Gasteiger partial charge in [-0.1, -0.05) is 60.1 Å². The first-order valence-corrected chi connectivity index (χ1v) is 17.5. The number of ether oxygens (including phenoxy) is 1. The van der Waals surface area contributed by atoms with Crippen molar-refractivity contribution in [3.8, 4) is 0 Å². The molecule has 6 nitrogen and oxygen atoms in total. The van der Waals surface area contributed by atoms with Crippen molar-refractivity contribution in [1.29, 1.82) is 0 Å². The van der Waals surface area contributed by atoms with Crippen LogP contribution < -0.4 is 0 Å². The van der Waals surface area contributed by atoms with Crippen LogP contribution in [0.2, 0.25) is 0 Å². The zero-order chi connectivity index (χ0) is 31.5. The van der Waals surface area contributed by atoms with Crippen molar-refractivity contribution in [3.63, 3.8) is 0 Å². The van der Waals surface area contributed by atoms with Crippen LogP contribution >= 0.6 is 0 Å². The third kappa shape index (κ3) is 4.34. The Balaban J connectivity index is 1.30. The van der Waals surface area contributed by atoms with E-state index in [2.05, 4.69) is 54.5 Å². The smallest absolute Gasteiger partial charge is 0.310 e. The average molecular weight is 601 g/mol. The summed E-state index contributed by atoms with van der Waals surface area (Å²) in [5.41, 5.74) is 1.45. The Bertz CT molecular complexity index is 1160. The highest BCUT2D eigenvalue weighted by atomic mass is 16.5. The largest absolute Gasteiger partial charge is 0.481 e. The number of carbonyl (C=O) groups is 1. The van der Waals surface area contributed by atoms with Gasteiger partial charge in [-0.05, 0) is 128 Å². The first-order valence-electron chi connectivity index (χ1n) is 17.5. The second kappa shape index (κ2) is 10.0. The Hall–Kier alpha value is -0.950. The molecular formula is C37H60O6. The summed E-state index contributed by atoms with van der Waals surface area (Å²) in [6, 6.07) is 0. The van der Waals surface area contributed by atoms with E-state index in [0.29, 0.717) is 24.2 Å². The summed E-state index contributed by atoms with van der Waals surface area (Å²) in [4.78, 5) is 12.9. The molecule has 1 heterocycles. The van der Waals surface area contributed by atoms with E-state index in [4.69, 9.17) is 4.74 Å². The number of allylic oxidation sites excluding steroid dienone is 2. The average Bonchev–Trinajstić information content (AvgIpc) is 2.91. The van der Waals surface area contributed by atoms with E-state index in [1.807, 2.05) is 0 Å². The first kappa shape index (κ1) is 32.0. The summed E-state index contributed by atoms with van der Waals surface area (Å²) >= 11 is 0. The van der Waals surface area contributed by atoms with E-state index in [0.717, 1.165) is 51.4 Å². The Labute approximate surface area is 260 Å². The van der Waals surface area contributed by atoms with Crippen molar-refractivity contribution in [1.82, 2.24) is 0 Å². The topological polar surface area (TPSA) is 107 Å². The lowest BCUT2D eigenvalue weighted by Crippen LogP contribution is -2.65. The Morgan fingerprint density at radius 1 is 0.860 bits per heavy atom. The summed E-state index contributed by atoms with van der Waals surface area (Å²) in [7, 11) is 0. The Kier molecular flexibility index (Phi) is 7.46. The predicted octanol–water partition coefficient (Wildman–Crippen LogP) is 6.75. The minimum absolute atomic E-state index is 0.0229. The quantitative estimate of drug-likeness (QED) is 0.267. The molecule has 6 heteroatoms. The van der Waals surface area contributed by atoms with Gasteiger partial charge in [0.2, 0.25) is 0 Å². The van der Waals surface area contributed by atoms with Crippen LogP contribution in [0.3, 0.4) is 0 Å². The van der Waals surface area contributed by atoms with Crippen LogP contribution in [0.4, 0.5) is 0 Å². The molecular weight excluding hydrogens is 540 g/mol. The number of fused-ring (bicyclic) bond motifs is 7. The van der Waals surface area contributed by atoms with Gasteiger partial charge in [0, 0.05) is 0 Å². The van der Waals surface area contributed by atoms with E-state index in [1.165, 1.54) is 18.4 Å². The van der Waals surface area contributed by atoms with Crippen molar-refractivity contribution in [3.05, 3.63) is 11.6 Å². The molecule has 0 aromatic carbocycles. The van der Waals surface area contributed by atoms with Gasteiger partial charge in [-0.2, -0.15) is 0 Å². The summed E-state index contributed by atoms with van der Waals surface area (Å²) < 4.78 is 6.09. The van der Waals surface area contributed by atoms with Crippen LogP contribution in [-0.4, -0.2) is 56.9 Å². The van der Waals surface area contributed by atoms with Crippen molar-refractivity contribution >= 4 is 5.97 Å². The standard InChI is InChI=1S/C37H60O6/c1-21-28(38)30(40)29(39)25(43-21)19-22-11-13-34(6)26(33(22,4)5)12-14-36(8)27(34)10-9-23-24-20-32(2,3)15-17-37(24,31(41)42)18-16-35(23,36)7/h9,21-22,24-30,38-40H,10-20H2,1-8H3,(H,41,42)/t21?,22-,24?,25+,26?,27?,28-,29?,30?,34+,35-,36-,37+/m1/s1. The van der Waals surface area contributed by atoms with Crippen LogP contribution in [0.5, 0.6) is 0 Å². The predicted molar refractivity (Wildman–Crippen MR) is 167 cm³/mol. The number of aliphatic carboxylic acids is 1. The second-order valence-electron chi connectivity index (χ2n) is 18.3. The monoisotopic (exact) mass is 600 g/mol. The zero-order valence-electron chi connectivity index (χ0n) is 28.2. The van der Waals surface area contributed by atoms with Crippen LogP contribution in [0.15, 0.2) is 11.6 Å². The molecule has 244 valence electrons. The van der Waals surface area contributed by atoms with Gasteiger partial charge in [0.25, 0.3) is 0 Å². The van der Waals surface area contributed by atoms with E-state index < -0.39 is 41.9 Å². The van der Waals surface area contributed by atoms with Gasteiger partial charge < -0.3 is 25.2 Å². The molecule has 13 atom stereocenters. The number of rotatable bonds is 3. The van der Waals surface area contributed by atoms with Crippen molar-refractivity contribution < 1.29 is 30.0 Å². The van der Waals surface area contributed by atoms with Crippen LogP contribution in [0.25, 0.3) is 0 Å². The maximum absolute atomic E-state index is 12.9. The molecule has 5 aliphatic carbocycles. The number of aliphatic hydroxyl groups excluding tert-OH is 3. The van der Waals surface area contributed by atoms with Gasteiger partial charge in [-0.15, -0.1) is 0 Å². The van der Waals surface area contributed by atoms with E-state index in [9.17, 15) is 25.2 Å². The SMILES string of the molecule is CC1O[C@@H](C[C@H]2CC[C@@]3(C)C(CC[C@]4(C)C3CC=C3C5CC(C)(C)CC[C@]5(C(=O)O)CC[C@]34C)C2(C)C)C(O)C(O)[C@@H]1O. The number of aliphatic hydroxyl groups is 3. The van der Waals surface area contributed by atoms with Crippen molar-refractivity contribution in [2.75, 3.05) is 0 Å². The third-order valence-corrected chi connectivity index (χ3v) is 15.8. The minimum Gasteiger partial charge on any atom is -0.481 e. The van der Waals surface area contributed by atoms with Crippen LogP contribution in [0.1, 0.15) is 126 Å². The second-order valence-corrected chi connectivity index (χ2v) is 18.3. The van der Waals surface area contributed by atoms with Crippen molar-refractivity contribution in [2.45, 2.75) is 157 Å². The highest BCUT2D eigenvalue weighted by Crippen LogP contribution is 2.76. The summed E-state index contributed by atoms with van der Waals surface area (Å²) in [6.07, 6.45) is 9.16. The fraction of sp³-hybridized carbons (Fsp3) is 0.919. The molecule has 6 unspecified atom stereocenters. The molecule has 0 aromatic heterocycles. The highest BCUT2D eigenvalue weighted by molar-refractivity contribution is 5.76. The van der Waals surface area contributed by atoms with E-state index >= 15 is 0 Å². The molecule has 0 aromatic rings. The van der Waals surface area contributed by atoms with Gasteiger partial charge in [-0.3, -0.25) is 4.79 Å². The lowest BCUT2D eigenvalue weighted by molar-refractivity contribution is -0.232. The molecule has 43 heavy (non-hydrogen) atoms. The summed E-state index contributed by atoms with van der Waals surface area (Å²) in [5, 5.41) is 42.2. The Morgan fingerprint density at radius 3 is 2.21 bits per heavy atom. The maximum Gasteiger partial charge on any atom is 0.310 e. The number of carboxylic acid groups (broad SMARTS) is 1. The molecule has 0 amide bonds. The molecule has 5 fully saturated rings. The van der Waals surface area contributed by atoms with Crippen molar-refractivity contribution in [2.24, 2.45) is 56.2 Å². The van der Waals surface area contributed by atoms with Gasteiger partial charge in [0.05, 0.1) is 17.6 Å². The van der Waals surface area contributed by atoms with Gasteiger partial charge in [0.1, 0.15) is 18.3 Å². The lowest BCUT2D eigenvalue weighted by Gasteiger charge is -2.71. The fourth-order valence-corrected chi connectivity index (χ4v) is 12.7. The maximum atomic E-state index is 12.9. The molecule has 0 spiro atoms. The zero-order valence-corrected chi connectivity index (χ0v) is 28.2. The fourth-order valence-electron chi connectivity index (χ4n) is 12.7. The molecule has 1 aliphatic heterocycles. The normalized spacial score (nSPS) is 53.8. The van der Waals surface area contributed by atoms with Gasteiger partial charge in [0.15, 0.2) is 0 Å². The molecule has 4 N–H and O–H groups in total. The third-order valence-electron chi connectivity index (χ3n) is 15.8. The molecule has 0 radical (unpaired) electrons. The minimum atomic E-state index is -1.17. The Morgan fingerprint density at radius 2 is 1.53 bits per heavy atom. The van der Waals surface area contributed by atoms with Gasteiger partial charge >= 0.3 is 5.97 Å².